The number of aliphatic imine (C=N–C) groups is 2. The lowest BCUT2D eigenvalue weighted by molar-refractivity contribution is 0.575. The van der Waals surface area contributed by atoms with Crippen LogP contribution >= 0.6 is 0 Å². The fourth-order valence-corrected chi connectivity index (χ4v) is 3.64. The molecular weight excluding hydrogens is 340 g/mol. The number of hydrogen-bond donors (Lipinski definition) is 0. The zero-order chi connectivity index (χ0) is 20.3. The summed E-state index contributed by atoms with van der Waals surface area (Å²) in [6, 6.07) is 9.49. The second-order valence-corrected chi connectivity index (χ2v) is 8.17. The lowest BCUT2D eigenvalue weighted by Gasteiger charge is -2.07. The number of benzene rings is 1. The van der Waals surface area contributed by atoms with Gasteiger partial charge in [-0.2, -0.15) is 4.99 Å². The van der Waals surface area contributed by atoms with Crippen molar-refractivity contribution >= 4 is 11.7 Å². The van der Waals surface area contributed by atoms with Gasteiger partial charge in [0.25, 0.3) is 0 Å². The van der Waals surface area contributed by atoms with Gasteiger partial charge in [0.2, 0.25) is 0 Å². The van der Waals surface area contributed by atoms with Gasteiger partial charge in [-0.05, 0) is 37.3 Å². The molecule has 1 aromatic rings. The van der Waals surface area contributed by atoms with Crippen LogP contribution in [0.3, 0.4) is 0 Å². The van der Waals surface area contributed by atoms with Gasteiger partial charge in [0.1, 0.15) is 0 Å². The fourth-order valence-electron chi connectivity index (χ4n) is 3.64. The molecule has 2 heteroatoms. The van der Waals surface area contributed by atoms with Gasteiger partial charge in [0.05, 0.1) is 11.7 Å². The summed E-state index contributed by atoms with van der Waals surface area (Å²) in [5.74, 6) is 0. The van der Waals surface area contributed by atoms with Crippen molar-refractivity contribution in [2.24, 2.45) is 9.98 Å². The Balaban J connectivity index is 2.34. The second-order valence-electron chi connectivity index (χ2n) is 8.17. The molecule has 0 saturated heterocycles. The number of nitrogens with zero attached hydrogens (tertiary/aromatic N) is 2. The molecule has 0 saturated carbocycles. The predicted octanol–water partition coefficient (Wildman–Crippen LogP) is 8.84. The van der Waals surface area contributed by atoms with E-state index in [1.54, 1.807) is 0 Å². The first-order valence-corrected chi connectivity index (χ1v) is 12.0. The second kappa shape index (κ2) is 17.7. The highest BCUT2D eigenvalue weighted by atomic mass is 14.8. The maximum atomic E-state index is 4.59. The van der Waals surface area contributed by atoms with Crippen LogP contribution in [0.15, 0.2) is 28.2 Å². The summed E-state index contributed by atoms with van der Waals surface area (Å²) in [5.41, 5.74) is 3.68. The molecule has 0 bridgehead atoms. The van der Waals surface area contributed by atoms with Crippen LogP contribution in [0, 0.1) is 6.92 Å². The van der Waals surface area contributed by atoms with Crippen molar-refractivity contribution in [2.75, 3.05) is 6.54 Å². The Morgan fingerprint density at radius 2 is 1.29 bits per heavy atom. The van der Waals surface area contributed by atoms with Crippen LogP contribution in [0.4, 0.5) is 5.69 Å². The van der Waals surface area contributed by atoms with Crippen molar-refractivity contribution in [1.82, 2.24) is 0 Å². The highest BCUT2D eigenvalue weighted by Crippen LogP contribution is 2.25. The molecule has 1 aromatic carbocycles. The molecule has 0 aromatic heterocycles. The van der Waals surface area contributed by atoms with Gasteiger partial charge < -0.3 is 0 Å². The zero-order valence-electron chi connectivity index (χ0n) is 18.9. The van der Waals surface area contributed by atoms with Crippen LogP contribution in [0.25, 0.3) is 0 Å². The summed E-state index contributed by atoms with van der Waals surface area (Å²) < 4.78 is 0. The van der Waals surface area contributed by atoms with E-state index >= 15 is 0 Å². The Kier molecular flexibility index (Phi) is 15.6. The van der Waals surface area contributed by atoms with Crippen molar-refractivity contribution < 1.29 is 0 Å². The molecule has 0 spiro atoms. The third-order valence-corrected chi connectivity index (χ3v) is 5.48. The van der Waals surface area contributed by atoms with E-state index in [9.17, 15) is 0 Å². The Labute approximate surface area is 175 Å². The van der Waals surface area contributed by atoms with E-state index in [4.69, 9.17) is 0 Å². The average Bonchev–Trinajstić information content (AvgIpc) is 2.70. The number of para-hydroxylation sites is 1. The van der Waals surface area contributed by atoms with E-state index in [2.05, 4.69) is 55.0 Å². The van der Waals surface area contributed by atoms with E-state index in [1.807, 2.05) is 0 Å². The smallest absolute Gasteiger partial charge is 0.0949 e. The van der Waals surface area contributed by atoms with E-state index in [1.165, 1.54) is 94.6 Å². The standard InChI is InChI=1S/C26H44N2/c1-4-6-8-10-12-13-14-16-20-25-21-18-19-24(3)26(25)28-23-27-22-17-15-11-9-7-5-2/h18-19,21H,4-17,20,22H2,1-3H3. The first-order chi connectivity index (χ1) is 13.8. The number of hydrogen-bond acceptors (Lipinski definition) is 2. The van der Waals surface area contributed by atoms with Gasteiger partial charge in [-0.3, -0.25) is 0 Å². The molecule has 158 valence electrons. The summed E-state index contributed by atoms with van der Waals surface area (Å²) in [6.45, 7) is 7.54. The van der Waals surface area contributed by atoms with Crippen molar-refractivity contribution in [3.05, 3.63) is 29.3 Å². The van der Waals surface area contributed by atoms with Gasteiger partial charge in [0.15, 0.2) is 0 Å². The third-order valence-electron chi connectivity index (χ3n) is 5.48. The van der Waals surface area contributed by atoms with Gasteiger partial charge in [-0.15, -0.1) is 0 Å². The molecule has 2 nitrogen and oxygen atoms in total. The normalized spacial score (nSPS) is 10.7. The molecule has 0 aliphatic carbocycles. The molecule has 0 unspecified atom stereocenters. The lowest BCUT2D eigenvalue weighted by atomic mass is 10.0. The minimum Gasteiger partial charge on any atom is -0.225 e. The van der Waals surface area contributed by atoms with E-state index < -0.39 is 0 Å². The molecule has 0 atom stereocenters. The summed E-state index contributed by atoms with van der Waals surface area (Å²) >= 11 is 0. The van der Waals surface area contributed by atoms with Crippen LogP contribution in [0.5, 0.6) is 0 Å². The molecule has 1 rings (SSSR count). The fraction of sp³-hybridized carbons (Fsp3) is 0.731. The Morgan fingerprint density at radius 1 is 0.714 bits per heavy atom. The zero-order valence-corrected chi connectivity index (χ0v) is 18.9. The van der Waals surface area contributed by atoms with Gasteiger partial charge >= 0.3 is 0 Å². The average molecular weight is 385 g/mol. The van der Waals surface area contributed by atoms with Crippen LogP contribution in [-0.4, -0.2) is 12.6 Å². The summed E-state index contributed by atoms with van der Waals surface area (Å²) in [6.07, 6.45) is 19.8. The minimum atomic E-state index is 0.856. The van der Waals surface area contributed by atoms with Crippen molar-refractivity contribution in [2.45, 2.75) is 117 Å². The first kappa shape index (κ1) is 24.6. The summed E-state index contributed by atoms with van der Waals surface area (Å²) in [4.78, 5) is 8.98. The van der Waals surface area contributed by atoms with Crippen LogP contribution < -0.4 is 0 Å². The minimum absolute atomic E-state index is 0.856. The lowest BCUT2D eigenvalue weighted by Crippen LogP contribution is -1.89. The molecular formula is C26H44N2. The van der Waals surface area contributed by atoms with Crippen LogP contribution in [-0.2, 0) is 6.42 Å². The van der Waals surface area contributed by atoms with Crippen LogP contribution in [0.1, 0.15) is 115 Å². The Hall–Kier alpha value is -1.40. The van der Waals surface area contributed by atoms with E-state index in [-0.39, 0.29) is 0 Å². The molecule has 0 aliphatic heterocycles. The van der Waals surface area contributed by atoms with Crippen molar-refractivity contribution in [3.8, 4) is 0 Å². The monoisotopic (exact) mass is 384 g/mol. The molecule has 0 amide bonds. The largest absolute Gasteiger partial charge is 0.225 e. The molecule has 0 heterocycles. The third kappa shape index (κ3) is 12.1. The maximum absolute atomic E-state index is 4.59. The maximum Gasteiger partial charge on any atom is 0.0949 e. The number of aryl methyl sites for hydroxylation is 2. The SMILES string of the molecule is CCCCCCCCCCc1cccc(C)c1N=C=NCCCCCCCC. The number of unbranched alkanes of at least 4 members (excludes halogenated alkanes) is 12. The Bertz CT molecular complexity index is 556. The molecule has 28 heavy (non-hydrogen) atoms. The predicted molar refractivity (Wildman–Crippen MR) is 125 cm³/mol. The molecule has 0 N–H and O–H groups in total. The van der Waals surface area contributed by atoms with Crippen molar-refractivity contribution in [3.63, 3.8) is 0 Å². The van der Waals surface area contributed by atoms with Crippen LogP contribution in [0.2, 0.25) is 0 Å². The molecule has 0 aliphatic rings. The highest BCUT2D eigenvalue weighted by Gasteiger charge is 2.04. The van der Waals surface area contributed by atoms with Gasteiger partial charge in [0, 0.05) is 6.54 Å². The highest BCUT2D eigenvalue weighted by molar-refractivity contribution is 5.60. The van der Waals surface area contributed by atoms with Crippen molar-refractivity contribution in [1.29, 1.82) is 0 Å². The summed E-state index contributed by atoms with van der Waals surface area (Å²) in [7, 11) is 0. The number of rotatable bonds is 17. The topological polar surface area (TPSA) is 24.7 Å². The molecule has 0 fully saturated rings. The quantitative estimate of drug-likeness (QED) is 0.189. The Morgan fingerprint density at radius 3 is 1.93 bits per heavy atom. The van der Waals surface area contributed by atoms with E-state index in [0.717, 1.165) is 25.1 Å². The first-order valence-electron chi connectivity index (χ1n) is 12.0. The van der Waals surface area contributed by atoms with E-state index in [0.29, 0.717) is 0 Å². The summed E-state index contributed by atoms with van der Waals surface area (Å²) in [5, 5.41) is 0. The van der Waals surface area contributed by atoms with Gasteiger partial charge in [-0.1, -0.05) is 109 Å². The van der Waals surface area contributed by atoms with Gasteiger partial charge in [-0.25, -0.2) is 4.99 Å². The molecule has 0 radical (unpaired) electrons.